The Hall–Kier alpha value is -1.46. The van der Waals surface area contributed by atoms with Gasteiger partial charge in [0.2, 0.25) is 0 Å². The van der Waals surface area contributed by atoms with Crippen molar-refractivity contribution in [1.82, 2.24) is 0 Å². The van der Waals surface area contributed by atoms with E-state index in [1.807, 2.05) is 25.1 Å². The highest BCUT2D eigenvalue weighted by atomic mass is 14.5. The molecular formula is C10H12N2. The van der Waals surface area contributed by atoms with Crippen LogP contribution in [0, 0.1) is 18.8 Å². The number of benzene rings is 1. The SMILES string of the molecule is Cc1ccc(C#CCN)cc1N. The molecule has 0 heterocycles. The topological polar surface area (TPSA) is 52.0 Å². The van der Waals surface area contributed by atoms with Gasteiger partial charge >= 0.3 is 0 Å². The van der Waals surface area contributed by atoms with Crippen molar-refractivity contribution >= 4 is 5.69 Å². The van der Waals surface area contributed by atoms with E-state index >= 15 is 0 Å². The van der Waals surface area contributed by atoms with Gasteiger partial charge in [-0.25, -0.2) is 0 Å². The van der Waals surface area contributed by atoms with Gasteiger partial charge in [0, 0.05) is 11.3 Å². The molecular weight excluding hydrogens is 148 g/mol. The summed E-state index contributed by atoms with van der Waals surface area (Å²) in [7, 11) is 0. The number of rotatable bonds is 0. The molecule has 0 fully saturated rings. The molecule has 0 unspecified atom stereocenters. The molecule has 0 bridgehead atoms. The minimum atomic E-state index is 0.383. The predicted molar refractivity (Wildman–Crippen MR) is 51.5 cm³/mol. The van der Waals surface area contributed by atoms with Gasteiger partial charge in [-0.15, -0.1) is 0 Å². The Morgan fingerprint density at radius 3 is 2.75 bits per heavy atom. The van der Waals surface area contributed by atoms with Crippen molar-refractivity contribution in [2.75, 3.05) is 12.3 Å². The second-order valence-electron chi connectivity index (χ2n) is 2.58. The first-order chi connectivity index (χ1) is 5.74. The maximum atomic E-state index is 5.69. The average Bonchev–Trinajstić information content (AvgIpc) is 2.07. The molecule has 2 nitrogen and oxygen atoms in total. The third-order valence-electron chi connectivity index (χ3n) is 1.61. The fourth-order valence-corrected chi connectivity index (χ4v) is 0.871. The van der Waals surface area contributed by atoms with E-state index in [4.69, 9.17) is 11.5 Å². The first-order valence-corrected chi connectivity index (χ1v) is 3.79. The van der Waals surface area contributed by atoms with Crippen LogP contribution in [0.5, 0.6) is 0 Å². The Bertz CT molecular complexity index is 331. The van der Waals surface area contributed by atoms with Crippen molar-refractivity contribution < 1.29 is 0 Å². The van der Waals surface area contributed by atoms with E-state index in [0.717, 1.165) is 16.8 Å². The Labute approximate surface area is 72.6 Å². The van der Waals surface area contributed by atoms with E-state index in [2.05, 4.69) is 11.8 Å². The fourth-order valence-electron chi connectivity index (χ4n) is 0.871. The van der Waals surface area contributed by atoms with Crippen molar-refractivity contribution in [3.63, 3.8) is 0 Å². The van der Waals surface area contributed by atoms with Crippen LogP contribution in [0.15, 0.2) is 18.2 Å². The lowest BCUT2D eigenvalue weighted by Gasteiger charge is -1.98. The van der Waals surface area contributed by atoms with Crippen LogP contribution >= 0.6 is 0 Å². The zero-order valence-electron chi connectivity index (χ0n) is 7.09. The summed E-state index contributed by atoms with van der Waals surface area (Å²) >= 11 is 0. The number of anilines is 1. The largest absolute Gasteiger partial charge is 0.398 e. The minimum absolute atomic E-state index is 0.383. The molecule has 0 saturated carbocycles. The van der Waals surface area contributed by atoms with Crippen LogP contribution in [0.25, 0.3) is 0 Å². The lowest BCUT2D eigenvalue weighted by atomic mass is 10.1. The highest BCUT2D eigenvalue weighted by Crippen LogP contribution is 2.11. The summed E-state index contributed by atoms with van der Waals surface area (Å²) in [5.41, 5.74) is 13.7. The molecule has 0 aliphatic carbocycles. The molecule has 4 N–H and O–H groups in total. The first kappa shape index (κ1) is 8.63. The average molecular weight is 160 g/mol. The molecule has 1 aromatic rings. The summed E-state index contributed by atoms with van der Waals surface area (Å²) in [5, 5.41) is 0. The molecule has 2 heteroatoms. The molecule has 0 aromatic heterocycles. The summed E-state index contributed by atoms with van der Waals surface area (Å²) in [5.74, 6) is 5.69. The van der Waals surface area contributed by atoms with E-state index < -0.39 is 0 Å². The van der Waals surface area contributed by atoms with Gasteiger partial charge in [0.05, 0.1) is 6.54 Å². The number of aryl methyl sites for hydroxylation is 1. The Kier molecular flexibility index (Phi) is 2.73. The summed E-state index contributed by atoms with van der Waals surface area (Å²) in [4.78, 5) is 0. The molecule has 0 amide bonds. The Morgan fingerprint density at radius 1 is 1.42 bits per heavy atom. The monoisotopic (exact) mass is 160 g/mol. The molecule has 1 rings (SSSR count). The first-order valence-electron chi connectivity index (χ1n) is 3.79. The third-order valence-corrected chi connectivity index (χ3v) is 1.61. The number of nitrogens with two attached hydrogens (primary N) is 2. The highest BCUT2D eigenvalue weighted by molar-refractivity contribution is 5.52. The molecule has 62 valence electrons. The van der Waals surface area contributed by atoms with Crippen LogP contribution in [0.3, 0.4) is 0 Å². The number of nitrogen functional groups attached to an aromatic ring is 1. The standard InChI is InChI=1S/C10H12N2/c1-8-4-5-9(3-2-6-11)7-10(8)12/h4-5,7H,6,11-12H2,1H3. The van der Waals surface area contributed by atoms with Crippen LogP contribution in [0.1, 0.15) is 11.1 Å². The summed E-state index contributed by atoms with van der Waals surface area (Å²) < 4.78 is 0. The van der Waals surface area contributed by atoms with E-state index in [1.165, 1.54) is 0 Å². The van der Waals surface area contributed by atoms with Crippen LogP contribution < -0.4 is 11.5 Å². The minimum Gasteiger partial charge on any atom is -0.398 e. The second-order valence-corrected chi connectivity index (χ2v) is 2.58. The van der Waals surface area contributed by atoms with Crippen molar-refractivity contribution in [1.29, 1.82) is 0 Å². The molecule has 12 heavy (non-hydrogen) atoms. The van der Waals surface area contributed by atoms with Gasteiger partial charge in [-0.2, -0.15) is 0 Å². The molecule has 0 atom stereocenters. The van der Waals surface area contributed by atoms with Crippen molar-refractivity contribution in [2.45, 2.75) is 6.92 Å². The van der Waals surface area contributed by atoms with E-state index in [0.29, 0.717) is 6.54 Å². The van der Waals surface area contributed by atoms with Gasteiger partial charge in [-0.3, -0.25) is 0 Å². The molecule has 0 aliphatic heterocycles. The predicted octanol–water partition coefficient (Wildman–Crippen LogP) is 0.887. The van der Waals surface area contributed by atoms with E-state index in [9.17, 15) is 0 Å². The maximum absolute atomic E-state index is 5.69. The van der Waals surface area contributed by atoms with Crippen molar-refractivity contribution in [3.8, 4) is 11.8 Å². The normalized spacial score (nSPS) is 8.83. The Balaban J connectivity index is 2.97. The van der Waals surface area contributed by atoms with Gasteiger partial charge in [0.1, 0.15) is 0 Å². The van der Waals surface area contributed by atoms with Crippen LogP contribution in [0.4, 0.5) is 5.69 Å². The quantitative estimate of drug-likeness (QED) is 0.437. The van der Waals surface area contributed by atoms with Crippen LogP contribution in [0.2, 0.25) is 0 Å². The molecule has 0 saturated heterocycles. The van der Waals surface area contributed by atoms with Crippen molar-refractivity contribution in [2.24, 2.45) is 5.73 Å². The fraction of sp³-hybridized carbons (Fsp3) is 0.200. The number of hydrogen-bond donors (Lipinski definition) is 2. The van der Waals surface area contributed by atoms with Crippen LogP contribution in [-0.4, -0.2) is 6.54 Å². The third kappa shape index (κ3) is 2.01. The van der Waals surface area contributed by atoms with Gasteiger partial charge in [0.25, 0.3) is 0 Å². The van der Waals surface area contributed by atoms with E-state index in [1.54, 1.807) is 0 Å². The highest BCUT2D eigenvalue weighted by Gasteiger charge is 1.92. The van der Waals surface area contributed by atoms with E-state index in [-0.39, 0.29) is 0 Å². The van der Waals surface area contributed by atoms with Crippen molar-refractivity contribution in [3.05, 3.63) is 29.3 Å². The molecule has 0 aliphatic rings. The molecule has 0 spiro atoms. The van der Waals surface area contributed by atoms with Gasteiger partial charge < -0.3 is 11.5 Å². The summed E-state index contributed by atoms with van der Waals surface area (Å²) in [6.07, 6.45) is 0. The smallest absolute Gasteiger partial charge is 0.0555 e. The van der Waals surface area contributed by atoms with Gasteiger partial charge in [-0.1, -0.05) is 17.9 Å². The molecule has 0 radical (unpaired) electrons. The molecule has 1 aromatic carbocycles. The summed E-state index contributed by atoms with van der Waals surface area (Å²) in [6, 6.07) is 5.75. The van der Waals surface area contributed by atoms with Gasteiger partial charge in [0.15, 0.2) is 0 Å². The van der Waals surface area contributed by atoms with Crippen LogP contribution in [-0.2, 0) is 0 Å². The van der Waals surface area contributed by atoms with Gasteiger partial charge in [-0.05, 0) is 24.6 Å². The lowest BCUT2D eigenvalue weighted by molar-refractivity contribution is 1.30. The zero-order chi connectivity index (χ0) is 8.97. The lowest BCUT2D eigenvalue weighted by Crippen LogP contribution is -1.93. The Morgan fingerprint density at radius 2 is 2.17 bits per heavy atom. The maximum Gasteiger partial charge on any atom is 0.0555 e. The second kappa shape index (κ2) is 3.80. The summed E-state index contributed by atoms with van der Waals surface area (Å²) in [6.45, 7) is 2.35. The number of hydrogen-bond acceptors (Lipinski definition) is 2. The zero-order valence-corrected chi connectivity index (χ0v) is 7.09.